The van der Waals surface area contributed by atoms with Crippen molar-refractivity contribution in [3.05, 3.63) is 34.9 Å². The van der Waals surface area contributed by atoms with Gasteiger partial charge in [0.1, 0.15) is 17.2 Å². The molecule has 2 rings (SSSR count). The van der Waals surface area contributed by atoms with Crippen LogP contribution in [0.1, 0.15) is 35.2 Å². The molecule has 0 bridgehead atoms. The first kappa shape index (κ1) is 14.9. The van der Waals surface area contributed by atoms with Gasteiger partial charge >= 0.3 is 0 Å². The van der Waals surface area contributed by atoms with E-state index in [0.29, 0.717) is 6.54 Å². The first-order chi connectivity index (χ1) is 9.47. The number of carbonyl (C=O) groups is 1. The Morgan fingerprint density at radius 3 is 2.75 bits per heavy atom. The van der Waals surface area contributed by atoms with Crippen LogP contribution in [0.3, 0.4) is 0 Å². The lowest BCUT2D eigenvalue weighted by atomic mass is 10.0. The normalized spacial score (nSPS) is 22.1. The number of nitrogens with zero attached hydrogens (tertiary/aromatic N) is 1. The zero-order valence-electron chi connectivity index (χ0n) is 11.8. The second-order valence-corrected chi connectivity index (χ2v) is 5.46. The Morgan fingerprint density at radius 2 is 2.10 bits per heavy atom. The van der Waals surface area contributed by atoms with E-state index in [1.165, 1.54) is 17.9 Å². The van der Waals surface area contributed by atoms with Gasteiger partial charge in [0.25, 0.3) is 5.91 Å². The Balaban J connectivity index is 2.30. The van der Waals surface area contributed by atoms with Crippen LogP contribution in [0.4, 0.5) is 8.78 Å². The van der Waals surface area contributed by atoms with E-state index < -0.39 is 23.1 Å². The topological polar surface area (TPSA) is 46.3 Å². The third kappa shape index (κ3) is 2.54. The first-order valence-corrected chi connectivity index (χ1v) is 6.89. The summed E-state index contributed by atoms with van der Waals surface area (Å²) in [6, 6.07) is 2.43. The van der Waals surface area contributed by atoms with Crippen LogP contribution in [0.5, 0.6) is 0 Å². The quantitative estimate of drug-likeness (QED) is 0.925. The van der Waals surface area contributed by atoms with Gasteiger partial charge in [0, 0.05) is 13.1 Å². The molecule has 0 spiro atoms. The van der Waals surface area contributed by atoms with E-state index in [-0.39, 0.29) is 17.5 Å². The lowest BCUT2D eigenvalue weighted by Crippen LogP contribution is -2.42. The smallest absolute Gasteiger partial charge is 0.259 e. The largest absolute Gasteiger partial charge is 0.338 e. The zero-order chi connectivity index (χ0) is 14.9. The highest BCUT2D eigenvalue weighted by atomic mass is 19.1. The molecule has 1 amide bonds. The molecule has 1 saturated carbocycles. The molecule has 1 aliphatic carbocycles. The minimum absolute atomic E-state index is 0.0354. The molecule has 0 radical (unpaired) electrons. The van der Waals surface area contributed by atoms with E-state index >= 15 is 0 Å². The molecule has 1 aliphatic rings. The van der Waals surface area contributed by atoms with Crippen molar-refractivity contribution in [2.45, 2.75) is 32.2 Å². The number of nitrogens with two attached hydrogens (primary N) is 1. The summed E-state index contributed by atoms with van der Waals surface area (Å²) in [6.45, 7) is 2.00. The van der Waals surface area contributed by atoms with Crippen molar-refractivity contribution in [1.29, 1.82) is 0 Å². The van der Waals surface area contributed by atoms with Gasteiger partial charge in [0.2, 0.25) is 0 Å². The summed E-state index contributed by atoms with van der Waals surface area (Å²) in [4.78, 5) is 13.8. The van der Waals surface area contributed by atoms with Crippen molar-refractivity contribution in [1.82, 2.24) is 4.90 Å². The molecule has 110 valence electrons. The lowest BCUT2D eigenvalue weighted by molar-refractivity contribution is 0.0689. The van der Waals surface area contributed by atoms with Gasteiger partial charge in [-0.1, -0.05) is 12.5 Å². The van der Waals surface area contributed by atoms with Gasteiger partial charge in [0.05, 0.1) is 0 Å². The first-order valence-electron chi connectivity index (χ1n) is 6.89. The number of benzene rings is 1. The number of rotatable bonds is 3. The molecule has 0 aliphatic heterocycles. The third-order valence-corrected chi connectivity index (χ3v) is 4.24. The minimum Gasteiger partial charge on any atom is -0.338 e. The van der Waals surface area contributed by atoms with E-state index in [9.17, 15) is 13.6 Å². The third-order valence-electron chi connectivity index (χ3n) is 4.24. The Labute approximate surface area is 117 Å². The molecular formula is C15H20F2N2O. The predicted molar refractivity (Wildman–Crippen MR) is 73.4 cm³/mol. The number of hydrogen-bond donors (Lipinski definition) is 1. The number of amides is 1. The standard InChI is InChI=1S/C15H20F2N2O/c1-9-6-7-11(16)13(14(9)17)15(20)19(2)12-5-3-4-10(12)8-18/h6-7,10,12H,3-5,8,18H2,1-2H3. The number of carbonyl (C=O) groups excluding carboxylic acids is 1. The van der Waals surface area contributed by atoms with Crippen molar-refractivity contribution in [3.63, 3.8) is 0 Å². The minimum atomic E-state index is -0.813. The fourth-order valence-corrected chi connectivity index (χ4v) is 2.98. The summed E-state index contributed by atoms with van der Waals surface area (Å²) in [6.07, 6.45) is 2.78. The summed E-state index contributed by atoms with van der Waals surface area (Å²) in [5, 5.41) is 0. The van der Waals surface area contributed by atoms with Crippen molar-refractivity contribution in [2.75, 3.05) is 13.6 Å². The Kier molecular flexibility index (Phi) is 4.38. The average molecular weight is 282 g/mol. The summed E-state index contributed by atoms with van der Waals surface area (Å²) in [5.74, 6) is -1.98. The SMILES string of the molecule is Cc1ccc(F)c(C(=O)N(C)C2CCCC2CN)c1F. The van der Waals surface area contributed by atoms with Crippen LogP contribution in [-0.2, 0) is 0 Å². The van der Waals surface area contributed by atoms with Crippen LogP contribution in [0.25, 0.3) is 0 Å². The van der Waals surface area contributed by atoms with Gasteiger partial charge in [-0.3, -0.25) is 4.79 Å². The molecule has 3 nitrogen and oxygen atoms in total. The zero-order valence-corrected chi connectivity index (χ0v) is 11.8. The van der Waals surface area contributed by atoms with Crippen LogP contribution in [-0.4, -0.2) is 30.4 Å². The number of halogens is 2. The summed E-state index contributed by atoms with van der Waals surface area (Å²) in [5.41, 5.74) is 5.50. The van der Waals surface area contributed by atoms with Gasteiger partial charge < -0.3 is 10.6 Å². The molecule has 5 heteroatoms. The van der Waals surface area contributed by atoms with Gasteiger partial charge in [-0.2, -0.15) is 0 Å². The average Bonchev–Trinajstić information content (AvgIpc) is 2.90. The molecular weight excluding hydrogens is 262 g/mol. The van der Waals surface area contributed by atoms with E-state index in [4.69, 9.17) is 5.73 Å². The van der Waals surface area contributed by atoms with E-state index in [0.717, 1.165) is 25.3 Å². The van der Waals surface area contributed by atoms with Crippen molar-refractivity contribution in [2.24, 2.45) is 11.7 Å². The second-order valence-electron chi connectivity index (χ2n) is 5.46. The number of hydrogen-bond acceptors (Lipinski definition) is 2. The highest BCUT2D eigenvalue weighted by Gasteiger charge is 2.34. The monoisotopic (exact) mass is 282 g/mol. The van der Waals surface area contributed by atoms with Gasteiger partial charge in [-0.25, -0.2) is 8.78 Å². The maximum absolute atomic E-state index is 14.0. The van der Waals surface area contributed by atoms with Gasteiger partial charge in [-0.15, -0.1) is 0 Å². The second kappa shape index (κ2) is 5.87. The predicted octanol–water partition coefficient (Wildman–Crippen LogP) is 2.47. The maximum atomic E-state index is 14.0. The van der Waals surface area contributed by atoms with Crippen molar-refractivity contribution < 1.29 is 13.6 Å². The highest BCUT2D eigenvalue weighted by molar-refractivity contribution is 5.95. The maximum Gasteiger partial charge on any atom is 0.259 e. The summed E-state index contributed by atoms with van der Waals surface area (Å²) < 4.78 is 27.8. The van der Waals surface area contributed by atoms with Crippen molar-refractivity contribution in [3.8, 4) is 0 Å². The summed E-state index contributed by atoms with van der Waals surface area (Å²) >= 11 is 0. The molecule has 20 heavy (non-hydrogen) atoms. The molecule has 1 aromatic carbocycles. The molecule has 2 N–H and O–H groups in total. The van der Waals surface area contributed by atoms with Crippen LogP contribution < -0.4 is 5.73 Å². The summed E-state index contributed by atoms with van der Waals surface area (Å²) in [7, 11) is 1.60. The molecule has 1 fully saturated rings. The van der Waals surface area contributed by atoms with E-state index in [1.54, 1.807) is 7.05 Å². The van der Waals surface area contributed by atoms with Crippen LogP contribution >= 0.6 is 0 Å². The molecule has 2 unspecified atom stereocenters. The Hall–Kier alpha value is -1.49. The fraction of sp³-hybridized carbons (Fsp3) is 0.533. The van der Waals surface area contributed by atoms with E-state index in [2.05, 4.69) is 0 Å². The van der Waals surface area contributed by atoms with Gasteiger partial charge in [0.15, 0.2) is 0 Å². The number of aryl methyl sites for hydroxylation is 1. The molecule has 1 aromatic rings. The van der Waals surface area contributed by atoms with Crippen LogP contribution in [0, 0.1) is 24.5 Å². The molecule has 0 saturated heterocycles. The van der Waals surface area contributed by atoms with Crippen LogP contribution in [0.2, 0.25) is 0 Å². The Morgan fingerprint density at radius 1 is 1.40 bits per heavy atom. The van der Waals surface area contributed by atoms with Crippen molar-refractivity contribution >= 4 is 5.91 Å². The highest BCUT2D eigenvalue weighted by Crippen LogP contribution is 2.30. The Bertz CT molecular complexity index is 519. The van der Waals surface area contributed by atoms with Gasteiger partial charge in [-0.05, 0) is 43.9 Å². The lowest BCUT2D eigenvalue weighted by Gasteiger charge is -2.29. The van der Waals surface area contributed by atoms with E-state index in [1.807, 2.05) is 0 Å². The molecule has 0 aromatic heterocycles. The molecule has 0 heterocycles. The van der Waals surface area contributed by atoms with Crippen LogP contribution in [0.15, 0.2) is 12.1 Å². The fourth-order valence-electron chi connectivity index (χ4n) is 2.98. The molecule has 2 atom stereocenters.